The average molecular weight is 352 g/mol. The summed E-state index contributed by atoms with van der Waals surface area (Å²) >= 11 is 3.49. The molecule has 1 N–H and O–H groups in total. The van der Waals surface area contributed by atoms with Crippen LogP contribution in [-0.2, 0) is 11.3 Å². The molecule has 1 aromatic carbocycles. The van der Waals surface area contributed by atoms with Crippen LogP contribution in [0.15, 0.2) is 33.2 Å². The van der Waals surface area contributed by atoms with Crippen LogP contribution in [0.25, 0.3) is 11.5 Å². The van der Waals surface area contributed by atoms with Gasteiger partial charge in [-0.15, -0.1) is 10.2 Å². The lowest BCUT2D eigenvalue weighted by molar-refractivity contribution is -0.0106. The van der Waals surface area contributed by atoms with Gasteiger partial charge in [-0.1, -0.05) is 12.1 Å². The molecule has 0 atom stereocenters. The fraction of sp³-hybridized carbons (Fsp3) is 0.467. The highest BCUT2D eigenvalue weighted by atomic mass is 79.9. The van der Waals surface area contributed by atoms with Crippen LogP contribution in [0.5, 0.6) is 0 Å². The minimum Gasteiger partial charge on any atom is -0.419 e. The lowest BCUT2D eigenvalue weighted by Crippen LogP contribution is -2.45. The van der Waals surface area contributed by atoms with E-state index in [9.17, 15) is 0 Å². The molecule has 2 aromatic rings. The molecule has 0 amide bonds. The van der Waals surface area contributed by atoms with Crippen LogP contribution in [0, 0.1) is 0 Å². The Morgan fingerprint density at radius 1 is 1.33 bits per heavy atom. The number of aromatic nitrogens is 2. The summed E-state index contributed by atoms with van der Waals surface area (Å²) in [5, 5.41) is 11.6. The zero-order valence-corrected chi connectivity index (χ0v) is 13.5. The molecule has 1 saturated carbocycles. The second kappa shape index (κ2) is 6.68. The molecule has 1 aliphatic rings. The van der Waals surface area contributed by atoms with Crippen molar-refractivity contribution in [3.8, 4) is 11.5 Å². The molecule has 0 aliphatic heterocycles. The number of nitrogens with zero attached hydrogens (tertiary/aromatic N) is 2. The summed E-state index contributed by atoms with van der Waals surface area (Å²) in [7, 11) is 0. The molecule has 1 aliphatic carbocycles. The minimum absolute atomic E-state index is 0.408. The van der Waals surface area contributed by atoms with Crippen molar-refractivity contribution in [1.82, 2.24) is 15.5 Å². The Bertz CT molecular complexity index is 596. The zero-order valence-electron chi connectivity index (χ0n) is 11.9. The van der Waals surface area contributed by atoms with E-state index >= 15 is 0 Å². The fourth-order valence-corrected chi connectivity index (χ4v) is 2.86. The molecule has 1 aromatic heterocycles. The van der Waals surface area contributed by atoms with E-state index in [1.165, 1.54) is 0 Å². The lowest BCUT2D eigenvalue weighted by atomic mass is 9.89. The summed E-state index contributed by atoms with van der Waals surface area (Å²) in [6, 6.07) is 8.30. The Balaban J connectivity index is 1.53. The van der Waals surface area contributed by atoms with Crippen LogP contribution in [-0.4, -0.2) is 29.0 Å². The largest absolute Gasteiger partial charge is 0.419 e. The second-order valence-corrected chi connectivity index (χ2v) is 5.96. The van der Waals surface area contributed by atoms with E-state index in [2.05, 4.69) is 31.4 Å². The first kappa shape index (κ1) is 14.7. The van der Waals surface area contributed by atoms with E-state index in [4.69, 9.17) is 9.15 Å². The van der Waals surface area contributed by atoms with Gasteiger partial charge in [-0.3, -0.25) is 0 Å². The van der Waals surface area contributed by atoms with E-state index in [-0.39, 0.29) is 0 Å². The number of benzene rings is 1. The summed E-state index contributed by atoms with van der Waals surface area (Å²) in [5.41, 5.74) is 0.913. The molecule has 1 fully saturated rings. The third-order valence-electron chi connectivity index (χ3n) is 3.61. The molecule has 0 bridgehead atoms. The molecule has 0 spiro atoms. The number of halogens is 1. The Morgan fingerprint density at radius 2 is 2.14 bits per heavy atom. The van der Waals surface area contributed by atoms with E-state index in [1.807, 2.05) is 31.2 Å². The van der Waals surface area contributed by atoms with Crippen LogP contribution >= 0.6 is 15.9 Å². The van der Waals surface area contributed by atoms with Crippen molar-refractivity contribution >= 4 is 15.9 Å². The van der Waals surface area contributed by atoms with Gasteiger partial charge in [-0.05, 0) is 47.8 Å². The fourth-order valence-electron chi connectivity index (χ4n) is 2.40. The second-order valence-electron chi connectivity index (χ2n) is 5.11. The molecule has 112 valence electrons. The summed E-state index contributed by atoms with van der Waals surface area (Å²) in [5.74, 6) is 1.15. The smallest absolute Gasteiger partial charge is 0.248 e. The minimum atomic E-state index is 0.408. The summed E-state index contributed by atoms with van der Waals surface area (Å²) < 4.78 is 12.2. The van der Waals surface area contributed by atoms with E-state index < -0.39 is 0 Å². The van der Waals surface area contributed by atoms with E-state index in [1.54, 1.807) is 0 Å². The van der Waals surface area contributed by atoms with Crippen LogP contribution in [0.1, 0.15) is 25.7 Å². The van der Waals surface area contributed by atoms with Gasteiger partial charge in [0.05, 0.1) is 18.2 Å². The van der Waals surface area contributed by atoms with Crippen molar-refractivity contribution in [3.05, 3.63) is 34.6 Å². The van der Waals surface area contributed by atoms with Crippen molar-refractivity contribution in [2.45, 2.75) is 38.5 Å². The Hall–Kier alpha value is -1.24. The number of ether oxygens (including phenoxy) is 1. The topological polar surface area (TPSA) is 60.2 Å². The number of rotatable bonds is 6. The lowest BCUT2D eigenvalue weighted by Gasteiger charge is -2.35. The van der Waals surface area contributed by atoms with Gasteiger partial charge in [0.25, 0.3) is 0 Å². The van der Waals surface area contributed by atoms with E-state index in [0.29, 0.717) is 30.5 Å². The van der Waals surface area contributed by atoms with Gasteiger partial charge in [0.15, 0.2) is 0 Å². The Labute approximate surface area is 132 Å². The third-order valence-corrected chi connectivity index (χ3v) is 4.30. The Morgan fingerprint density at radius 3 is 2.90 bits per heavy atom. The van der Waals surface area contributed by atoms with Crippen molar-refractivity contribution in [2.24, 2.45) is 0 Å². The summed E-state index contributed by atoms with van der Waals surface area (Å²) in [6.45, 7) is 3.42. The standard InChI is InChI=1S/C15H18BrN3O2/c1-2-20-11-7-10(8-11)17-9-14-18-19-15(21-14)12-5-3-4-6-13(12)16/h3-6,10-11,17H,2,7-9H2,1H3. The van der Waals surface area contributed by atoms with Crippen molar-refractivity contribution in [3.63, 3.8) is 0 Å². The van der Waals surface area contributed by atoms with Crippen molar-refractivity contribution < 1.29 is 9.15 Å². The Kier molecular flexibility index (Phi) is 4.67. The SMILES string of the molecule is CCOC1CC(NCc2nnc(-c3ccccc3Br)o2)C1. The molecule has 0 radical (unpaired) electrons. The first-order valence-electron chi connectivity index (χ1n) is 7.18. The van der Waals surface area contributed by atoms with Gasteiger partial charge < -0.3 is 14.5 Å². The molecular weight excluding hydrogens is 334 g/mol. The van der Waals surface area contributed by atoms with Gasteiger partial charge in [0, 0.05) is 17.1 Å². The molecular formula is C15H18BrN3O2. The maximum atomic E-state index is 5.70. The van der Waals surface area contributed by atoms with Gasteiger partial charge in [0.2, 0.25) is 11.8 Å². The molecule has 5 nitrogen and oxygen atoms in total. The van der Waals surface area contributed by atoms with Crippen LogP contribution < -0.4 is 5.32 Å². The predicted molar refractivity (Wildman–Crippen MR) is 82.7 cm³/mol. The molecule has 3 rings (SSSR count). The molecule has 1 heterocycles. The highest BCUT2D eigenvalue weighted by molar-refractivity contribution is 9.10. The maximum Gasteiger partial charge on any atom is 0.248 e. The van der Waals surface area contributed by atoms with Crippen molar-refractivity contribution in [2.75, 3.05) is 6.61 Å². The molecule has 6 heteroatoms. The maximum absolute atomic E-state index is 5.70. The average Bonchev–Trinajstić information content (AvgIpc) is 2.90. The number of hydrogen-bond donors (Lipinski definition) is 1. The third kappa shape index (κ3) is 3.51. The van der Waals surface area contributed by atoms with Crippen molar-refractivity contribution in [1.29, 1.82) is 0 Å². The van der Waals surface area contributed by atoms with E-state index in [0.717, 1.165) is 29.5 Å². The van der Waals surface area contributed by atoms with Crippen LogP contribution in [0.4, 0.5) is 0 Å². The van der Waals surface area contributed by atoms with Crippen LogP contribution in [0.2, 0.25) is 0 Å². The highest BCUT2D eigenvalue weighted by Crippen LogP contribution is 2.27. The first-order chi connectivity index (χ1) is 10.3. The van der Waals surface area contributed by atoms with Crippen LogP contribution in [0.3, 0.4) is 0 Å². The normalized spacial score (nSPS) is 21.2. The molecule has 0 saturated heterocycles. The monoisotopic (exact) mass is 351 g/mol. The highest BCUT2D eigenvalue weighted by Gasteiger charge is 2.29. The molecule has 21 heavy (non-hydrogen) atoms. The summed E-state index contributed by atoms with van der Waals surface area (Å²) in [6.07, 6.45) is 2.52. The quantitative estimate of drug-likeness (QED) is 0.865. The predicted octanol–water partition coefficient (Wildman–Crippen LogP) is 3.16. The van der Waals surface area contributed by atoms with Gasteiger partial charge in [-0.25, -0.2) is 0 Å². The number of nitrogens with one attached hydrogen (secondary N) is 1. The van der Waals surface area contributed by atoms with Gasteiger partial charge in [0.1, 0.15) is 0 Å². The van der Waals surface area contributed by atoms with Gasteiger partial charge in [-0.2, -0.15) is 0 Å². The molecule has 0 unspecified atom stereocenters. The summed E-state index contributed by atoms with van der Waals surface area (Å²) in [4.78, 5) is 0. The first-order valence-corrected chi connectivity index (χ1v) is 7.98. The zero-order chi connectivity index (χ0) is 14.7. The number of hydrogen-bond acceptors (Lipinski definition) is 5. The van der Waals surface area contributed by atoms with Gasteiger partial charge >= 0.3 is 0 Å².